The van der Waals surface area contributed by atoms with E-state index in [1.807, 2.05) is 0 Å². The van der Waals surface area contributed by atoms with Crippen LogP contribution in [0.5, 0.6) is 0 Å². The minimum atomic E-state index is -0.698. The van der Waals surface area contributed by atoms with Crippen LogP contribution in [0.2, 0.25) is 0 Å². The Hall–Kier alpha value is -1.30. The molecule has 122 valence electrons. The first-order valence-electron chi connectivity index (χ1n) is 7.29. The van der Waals surface area contributed by atoms with Crippen LogP contribution in [-0.2, 0) is 14.3 Å². The van der Waals surface area contributed by atoms with Gasteiger partial charge in [-0.1, -0.05) is 0 Å². The maximum atomic E-state index is 12.3. The molecule has 0 aromatic rings. The highest BCUT2D eigenvalue weighted by atomic mass is 16.6. The largest absolute Gasteiger partial charge is 0.458 e. The highest BCUT2D eigenvalue weighted by molar-refractivity contribution is 5.82. The molecule has 1 heterocycles. The van der Waals surface area contributed by atoms with Gasteiger partial charge in [0.2, 0.25) is 0 Å². The second kappa shape index (κ2) is 6.22. The number of hydrogen-bond acceptors (Lipinski definition) is 5. The first kappa shape index (κ1) is 17.8. The molecule has 0 radical (unpaired) electrons. The fraction of sp³-hybridized carbons (Fsp3) is 0.867. The molecule has 0 aromatic carbocycles. The molecule has 0 spiro atoms. The molecular weight excluding hydrogens is 274 g/mol. The van der Waals surface area contributed by atoms with Gasteiger partial charge in [0, 0.05) is 0 Å². The molecule has 1 amide bonds. The van der Waals surface area contributed by atoms with Crippen LogP contribution in [-0.4, -0.2) is 52.0 Å². The summed E-state index contributed by atoms with van der Waals surface area (Å²) >= 11 is 0. The van der Waals surface area contributed by atoms with Gasteiger partial charge in [-0.15, -0.1) is 0 Å². The Balaban J connectivity index is 2.88. The summed E-state index contributed by atoms with van der Waals surface area (Å²) in [6.45, 7) is 10.4. The van der Waals surface area contributed by atoms with Crippen molar-refractivity contribution in [2.75, 3.05) is 6.61 Å². The lowest BCUT2D eigenvalue weighted by atomic mass is 10.1. The monoisotopic (exact) mass is 301 g/mol. The van der Waals surface area contributed by atoms with Gasteiger partial charge < -0.3 is 14.6 Å². The van der Waals surface area contributed by atoms with Gasteiger partial charge in [0.25, 0.3) is 0 Å². The van der Waals surface area contributed by atoms with Crippen LogP contribution in [0.15, 0.2) is 0 Å². The van der Waals surface area contributed by atoms with E-state index >= 15 is 0 Å². The van der Waals surface area contributed by atoms with Crippen LogP contribution < -0.4 is 0 Å². The van der Waals surface area contributed by atoms with Crippen molar-refractivity contribution >= 4 is 12.1 Å². The quantitative estimate of drug-likeness (QED) is 0.790. The van der Waals surface area contributed by atoms with E-state index in [1.165, 1.54) is 4.90 Å². The summed E-state index contributed by atoms with van der Waals surface area (Å²) in [5.74, 6) is -0.454. The summed E-state index contributed by atoms with van der Waals surface area (Å²) in [5, 5.41) is 9.41. The predicted molar refractivity (Wildman–Crippen MR) is 77.8 cm³/mol. The first-order chi connectivity index (χ1) is 9.44. The molecule has 0 aromatic heterocycles. The van der Waals surface area contributed by atoms with Gasteiger partial charge in [0.15, 0.2) is 0 Å². The normalized spacial score (nSPS) is 23.1. The molecule has 0 aliphatic carbocycles. The molecule has 1 aliphatic rings. The minimum Gasteiger partial charge on any atom is -0.458 e. The number of aliphatic hydroxyl groups is 1. The number of ether oxygens (including phenoxy) is 2. The van der Waals surface area contributed by atoms with Gasteiger partial charge in [-0.05, 0) is 54.4 Å². The van der Waals surface area contributed by atoms with Crippen LogP contribution in [0.3, 0.4) is 0 Å². The number of rotatable bonds is 2. The van der Waals surface area contributed by atoms with E-state index in [4.69, 9.17) is 9.47 Å². The van der Waals surface area contributed by atoms with E-state index < -0.39 is 35.3 Å². The third kappa shape index (κ3) is 5.19. The molecule has 1 N–H and O–H groups in total. The summed E-state index contributed by atoms with van der Waals surface area (Å²) in [6.07, 6.45) is 0.439. The van der Waals surface area contributed by atoms with E-state index in [1.54, 1.807) is 41.5 Å². The van der Waals surface area contributed by atoms with E-state index in [0.717, 1.165) is 0 Å². The van der Waals surface area contributed by atoms with Gasteiger partial charge in [-0.3, -0.25) is 4.90 Å². The van der Waals surface area contributed by atoms with E-state index in [9.17, 15) is 14.7 Å². The summed E-state index contributed by atoms with van der Waals surface area (Å²) < 4.78 is 10.7. The number of carbonyl (C=O) groups excluding carboxylic acids is 2. The molecular formula is C15H27NO5. The zero-order valence-corrected chi connectivity index (χ0v) is 13.8. The fourth-order valence-corrected chi connectivity index (χ4v) is 2.25. The standard InChI is InChI=1S/C15H27NO5/c1-14(2,3)20-12(18)11-8-7-10(9-17)16(11)13(19)21-15(4,5)6/h10-11,17H,7-9H2,1-6H3/t10?,11-/m0/s1. The van der Waals surface area contributed by atoms with Crippen molar-refractivity contribution in [3.05, 3.63) is 0 Å². The third-order valence-corrected chi connectivity index (χ3v) is 3.00. The second-order valence-electron chi connectivity index (χ2n) is 7.35. The summed E-state index contributed by atoms with van der Waals surface area (Å²) in [4.78, 5) is 25.9. The van der Waals surface area contributed by atoms with Gasteiger partial charge in [-0.2, -0.15) is 0 Å². The van der Waals surface area contributed by atoms with E-state index in [-0.39, 0.29) is 6.61 Å². The van der Waals surface area contributed by atoms with Crippen LogP contribution in [0.1, 0.15) is 54.4 Å². The average molecular weight is 301 g/mol. The number of nitrogens with zero attached hydrogens (tertiary/aromatic N) is 1. The molecule has 1 unspecified atom stereocenters. The Bertz CT molecular complexity index is 394. The molecule has 0 bridgehead atoms. The number of likely N-dealkylation sites (tertiary alicyclic amines) is 1. The zero-order chi connectivity index (χ0) is 16.4. The molecule has 1 saturated heterocycles. The lowest BCUT2D eigenvalue weighted by Gasteiger charge is -2.32. The highest BCUT2D eigenvalue weighted by Gasteiger charge is 2.44. The average Bonchev–Trinajstić information content (AvgIpc) is 2.67. The van der Waals surface area contributed by atoms with Crippen molar-refractivity contribution in [2.45, 2.75) is 77.7 Å². The Morgan fingerprint density at radius 3 is 2.00 bits per heavy atom. The Morgan fingerprint density at radius 2 is 1.57 bits per heavy atom. The molecule has 6 heteroatoms. The van der Waals surface area contributed by atoms with Crippen molar-refractivity contribution in [2.24, 2.45) is 0 Å². The van der Waals surface area contributed by atoms with Gasteiger partial charge >= 0.3 is 12.1 Å². The number of carbonyl (C=O) groups is 2. The lowest BCUT2D eigenvalue weighted by Crippen LogP contribution is -2.49. The van der Waals surface area contributed by atoms with Crippen LogP contribution in [0.4, 0.5) is 4.79 Å². The van der Waals surface area contributed by atoms with Crippen molar-refractivity contribution < 1.29 is 24.2 Å². The molecule has 21 heavy (non-hydrogen) atoms. The van der Waals surface area contributed by atoms with Crippen LogP contribution in [0, 0.1) is 0 Å². The minimum absolute atomic E-state index is 0.196. The van der Waals surface area contributed by atoms with Crippen molar-refractivity contribution in [1.29, 1.82) is 0 Å². The zero-order valence-electron chi connectivity index (χ0n) is 13.8. The molecule has 0 saturated carbocycles. The number of esters is 1. The SMILES string of the molecule is CC(C)(C)OC(=O)[C@@H]1CCC(CO)N1C(=O)OC(C)(C)C. The molecule has 6 nitrogen and oxygen atoms in total. The van der Waals surface area contributed by atoms with Crippen LogP contribution in [0.25, 0.3) is 0 Å². The fourth-order valence-electron chi connectivity index (χ4n) is 2.25. The summed E-state index contributed by atoms with van der Waals surface area (Å²) in [7, 11) is 0. The van der Waals surface area contributed by atoms with Gasteiger partial charge in [0.1, 0.15) is 17.2 Å². The first-order valence-corrected chi connectivity index (χ1v) is 7.29. The van der Waals surface area contributed by atoms with Crippen molar-refractivity contribution in [1.82, 2.24) is 4.90 Å². The number of hydrogen-bond donors (Lipinski definition) is 1. The number of amides is 1. The summed E-state index contributed by atoms with van der Waals surface area (Å²) in [6, 6.07) is -1.10. The Labute approximate surface area is 126 Å². The smallest absolute Gasteiger partial charge is 0.411 e. The Kier molecular flexibility index (Phi) is 5.25. The summed E-state index contributed by atoms with van der Waals surface area (Å²) in [5.41, 5.74) is -1.27. The predicted octanol–water partition coefficient (Wildman–Crippen LogP) is 2.09. The Morgan fingerprint density at radius 1 is 1.05 bits per heavy atom. The number of aliphatic hydroxyl groups excluding tert-OH is 1. The lowest BCUT2D eigenvalue weighted by molar-refractivity contribution is -0.160. The molecule has 2 atom stereocenters. The van der Waals surface area contributed by atoms with Gasteiger partial charge in [-0.25, -0.2) is 9.59 Å². The highest BCUT2D eigenvalue weighted by Crippen LogP contribution is 2.28. The van der Waals surface area contributed by atoms with Crippen molar-refractivity contribution in [3.8, 4) is 0 Å². The van der Waals surface area contributed by atoms with E-state index in [2.05, 4.69) is 0 Å². The molecule has 1 rings (SSSR count). The van der Waals surface area contributed by atoms with Gasteiger partial charge in [0.05, 0.1) is 12.6 Å². The van der Waals surface area contributed by atoms with E-state index in [0.29, 0.717) is 12.8 Å². The maximum absolute atomic E-state index is 12.3. The molecule has 1 aliphatic heterocycles. The van der Waals surface area contributed by atoms with Crippen LogP contribution >= 0.6 is 0 Å². The second-order valence-corrected chi connectivity index (χ2v) is 7.35. The maximum Gasteiger partial charge on any atom is 0.411 e. The van der Waals surface area contributed by atoms with Crippen molar-refractivity contribution in [3.63, 3.8) is 0 Å². The molecule has 1 fully saturated rings. The topological polar surface area (TPSA) is 76.1 Å². The third-order valence-electron chi connectivity index (χ3n) is 3.00.